The van der Waals surface area contributed by atoms with Gasteiger partial charge in [0.15, 0.2) is 6.61 Å². The molecule has 0 bridgehead atoms. The van der Waals surface area contributed by atoms with Gasteiger partial charge in [0.1, 0.15) is 11.4 Å². The average Bonchev–Trinajstić information content (AvgIpc) is 3.25. The van der Waals surface area contributed by atoms with E-state index < -0.39 is 0 Å². The van der Waals surface area contributed by atoms with Crippen LogP contribution in [0.1, 0.15) is 41.8 Å². The number of hydrogen-bond acceptors (Lipinski definition) is 5. The zero-order valence-electron chi connectivity index (χ0n) is 16.7. The summed E-state index contributed by atoms with van der Waals surface area (Å²) in [6.45, 7) is 8.05. The minimum atomic E-state index is -0.335. The Labute approximate surface area is 167 Å². The van der Waals surface area contributed by atoms with Gasteiger partial charge >= 0.3 is 0 Å². The number of ether oxygens (including phenoxy) is 1. The van der Waals surface area contributed by atoms with E-state index in [0.717, 1.165) is 17.0 Å². The monoisotopic (exact) mass is 394 g/mol. The van der Waals surface area contributed by atoms with Crippen LogP contribution in [0.2, 0.25) is 0 Å². The first-order chi connectivity index (χ1) is 13.8. The maximum atomic E-state index is 12.7. The van der Waals surface area contributed by atoms with Crippen molar-refractivity contribution in [3.8, 4) is 17.0 Å². The van der Waals surface area contributed by atoms with Crippen molar-refractivity contribution in [2.75, 3.05) is 17.2 Å². The molecule has 0 atom stereocenters. The molecule has 2 amide bonds. The summed E-state index contributed by atoms with van der Waals surface area (Å²) in [5, 5.41) is 17.2. The lowest BCUT2D eigenvalue weighted by Crippen LogP contribution is -2.25. The molecule has 3 heterocycles. The van der Waals surface area contributed by atoms with E-state index in [2.05, 4.69) is 39.8 Å². The summed E-state index contributed by atoms with van der Waals surface area (Å²) < 4.78 is 7.27. The first kappa shape index (κ1) is 18.7. The summed E-state index contributed by atoms with van der Waals surface area (Å²) in [5.74, 6) is 0.00437. The first-order valence-electron chi connectivity index (χ1n) is 9.33. The molecule has 1 aliphatic rings. The zero-order chi connectivity index (χ0) is 20.7. The van der Waals surface area contributed by atoms with E-state index in [4.69, 9.17) is 4.74 Å². The van der Waals surface area contributed by atoms with Crippen molar-refractivity contribution in [2.24, 2.45) is 0 Å². The molecule has 0 spiro atoms. The largest absolute Gasteiger partial charge is 0.482 e. The number of rotatable bonds is 4. The number of aryl methyl sites for hydroxylation is 1. The third kappa shape index (κ3) is 3.46. The van der Waals surface area contributed by atoms with Gasteiger partial charge in [-0.2, -0.15) is 10.2 Å². The molecular weight excluding hydrogens is 372 g/mol. The second kappa shape index (κ2) is 7.08. The van der Waals surface area contributed by atoms with Crippen LogP contribution < -0.4 is 15.4 Å². The van der Waals surface area contributed by atoms with Gasteiger partial charge in [0.05, 0.1) is 17.1 Å². The van der Waals surface area contributed by atoms with E-state index in [-0.39, 0.29) is 24.5 Å². The van der Waals surface area contributed by atoms with E-state index in [9.17, 15) is 9.59 Å². The number of aromatic amines is 1. The Hall–Kier alpha value is -3.62. The molecule has 0 aliphatic carbocycles. The molecular formula is C20H22N6O3. The molecule has 4 rings (SSSR count). The highest BCUT2D eigenvalue weighted by Gasteiger charge is 2.20. The number of anilines is 2. The lowest BCUT2D eigenvalue weighted by molar-refractivity contribution is -0.118. The van der Waals surface area contributed by atoms with Gasteiger partial charge in [0.25, 0.3) is 11.8 Å². The van der Waals surface area contributed by atoms with Gasteiger partial charge in [0, 0.05) is 23.0 Å². The Kier molecular flexibility index (Phi) is 4.57. The standard InChI is InChI=1S/C20H22N6O3/c1-10(2)26-12(4)19(11(3)25-26)15-8-16(24-23-15)20(28)21-13-5-6-17-14(7-13)22-18(27)9-29-17/h5-8,10H,9H2,1-4H3,(H,21,28)(H,22,27)(H,23,24). The van der Waals surface area contributed by atoms with Gasteiger partial charge in [-0.25, -0.2) is 0 Å². The smallest absolute Gasteiger partial charge is 0.273 e. The number of nitrogens with zero attached hydrogens (tertiary/aromatic N) is 3. The van der Waals surface area contributed by atoms with Gasteiger partial charge < -0.3 is 15.4 Å². The van der Waals surface area contributed by atoms with Crippen molar-refractivity contribution in [1.82, 2.24) is 20.0 Å². The molecule has 2 aromatic heterocycles. The SMILES string of the molecule is Cc1nn(C(C)C)c(C)c1-c1cc(C(=O)Nc2ccc3c(c2)NC(=O)CO3)[nH]n1. The summed E-state index contributed by atoms with van der Waals surface area (Å²) >= 11 is 0. The molecule has 9 nitrogen and oxygen atoms in total. The lowest BCUT2D eigenvalue weighted by atomic mass is 10.1. The number of aromatic nitrogens is 4. The number of hydrogen-bond donors (Lipinski definition) is 3. The molecule has 1 aromatic carbocycles. The van der Waals surface area contributed by atoms with Crippen molar-refractivity contribution >= 4 is 23.2 Å². The van der Waals surface area contributed by atoms with Gasteiger partial charge in [-0.15, -0.1) is 0 Å². The van der Waals surface area contributed by atoms with E-state index >= 15 is 0 Å². The Bertz CT molecular complexity index is 1110. The van der Waals surface area contributed by atoms with Crippen LogP contribution in [-0.4, -0.2) is 38.4 Å². The number of nitrogens with one attached hydrogen (secondary N) is 3. The van der Waals surface area contributed by atoms with Crippen LogP contribution in [0.25, 0.3) is 11.3 Å². The summed E-state index contributed by atoms with van der Waals surface area (Å²) in [4.78, 5) is 24.1. The number of H-pyrrole nitrogens is 1. The summed E-state index contributed by atoms with van der Waals surface area (Å²) in [6.07, 6.45) is 0. The predicted molar refractivity (Wildman–Crippen MR) is 108 cm³/mol. The molecule has 0 saturated carbocycles. The second-order valence-electron chi connectivity index (χ2n) is 7.25. The maximum absolute atomic E-state index is 12.7. The maximum Gasteiger partial charge on any atom is 0.273 e. The molecule has 150 valence electrons. The van der Waals surface area contributed by atoms with Crippen molar-refractivity contribution in [3.05, 3.63) is 41.3 Å². The third-order valence-electron chi connectivity index (χ3n) is 4.76. The minimum Gasteiger partial charge on any atom is -0.482 e. The Balaban J connectivity index is 1.56. The van der Waals surface area contributed by atoms with Crippen molar-refractivity contribution in [1.29, 1.82) is 0 Å². The van der Waals surface area contributed by atoms with Crippen LogP contribution in [0.15, 0.2) is 24.3 Å². The fraction of sp³-hybridized carbons (Fsp3) is 0.300. The highest BCUT2D eigenvalue weighted by atomic mass is 16.5. The molecule has 0 unspecified atom stereocenters. The van der Waals surface area contributed by atoms with Crippen molar-refractivity contribution in [2.45, 2.75) is 33.7 Å². The lowest BCUT2D eigenvalue weighted by Gasteiger charge is -2.18. The minimum absolute atomic E-state index is 0.0121. The van der Waals surface area contributed by atoms with E-state index in [1.165, 1.54) is 0 Å². The Morgan fingerprint density at radius 3 is 2.79 bits per heavy atom. The van der Waals surface area contributed by atoms with E-state index in [1.807, 2.05) is 18.5 Å². The second-order valence-corrected chi connectivity index (χ2v) is 7.25. The molecule has 0 radical (unpaired) electrons. The van der Waals surface area contributed by atoms with Gasteiger partial charge in [-0.1, -0.05) is 0 Å². The Morgan fingerprint density at radius 2 is 2.07 bits per heavy atom. The van der Waals surface area contributed by atoms with Crippen LogP contribution in [0.5, 0.6) is 5.75 Å². The average molecular weight is 394 g/mol. The van der Waals surface area contributed by atoms with E-state index in [1.54, 1.807) is 24.3 Å². The number of carbonyl (C=O) groups is 2. The van der Waals surface area contributed by atoms with Crippen LogP contribution in [-0.2, 0) is 4.79 Å². The van der Waals surface area contributed by atoms with Crippen LogP contribution in [0, 0.1) is 13.8 Å². The number of fused-ring (bicyclic) bond motifs is 1. The fourth-order valence-electron chi connectivity index (χ4n) is 3.46. The van der Waals surface area contributed by atoms with Crippen LogP contribution in [0.4, 0.5) is 11.4 Å². The molecule has 29 heavy (non-hydrogen) atoms. The molecule has 3 aromatic rings. The molecule has 0 saturated heterocycles. The molecule has 1 aliphatic heterocycles. The number of benzene rings is 1. The Morgan fingerprint density at radius 1 is 1.28 bits per heavy atom. The predicted octanol–water partition coefficient (Wildman–Crippen LogP) is 3.05. The molecule has 0 fully saturated rings. The topological polar surface area (TPSA) is 114 Å². The van der Waals surface area contributed by atoms with Crippen LogP contribution >= 0.6 is 0 Å². The van der Waals surface area contributed by atoms with Crippen molar-refractivity contribution < 1.29 is 14.3 Å². The van der Waals surface area contributed by atoms with Gasteiger partial charge in [0.2, 0.25) is 0 Å². The van der Waals surface area contributed by atoms with E-state index in [0.29, 0.717) is 28.5 Å². The zero-order valence-corrected chi connectivity index (χ0v) is 16.7. The van der Waals surface area contributed by atoms with Crippen LogP contribution in [0.3, 0.4) is 0 Å². The normalized spacial score (nSPS) is 13.1. The summed E-state index contributed by atoms with van der Waals surface area (Å²) in [7, 11) is 0. The first-order valence-corrected chi connectivity index (χ1v) is 9.33. The summed E-state index contributed by atoms with van der Waals surface area (Å²) in [5.41, 5.74) is 4.84. The van der Waals surface area contributed by atoms with Gasteiger partial charge in [-0.05, 0) is 52.0 Å². The third-order valence-corrected chi connectivity index (χ3v) is 4.76. The van der Waals surface area contributed by atoms with Gasteiger partial charge in [-0.3, -0.25) is 19.4 Å². The highest BCUT2D eigenvalue weighted by molar-refractivity contribution is 6.04. The highest BCUT2D eigenvalue weighted by Crippen LogP contribution is 2.31. The fourth-order valence-corrected chi connectivity index (χ4v) is 3.46. The van der Waals surface area contributed by atoms with Crippen molar-refractivity contribution in [3.63, 3.8) is 0 Å². The molecule has 3 N–H and O–H groups in total. The quantitative estimate of drug-likeness (QED) is 0.629. The summed E-state index contributed by atoms with van der Waals surface area (Å²) in [6, 6.07) is 7.02. The number of carbonyl (C=O) groups excluding carboxylic acids is 2. The molecule has 9 heteroatoms. The number of amides is 2.